The standard InChI is InChI=1S/C56H40N2O3/c1-3-17-35(18-4-1)57(45-29-15-27-43-39-23-11-13-31-49(39)60-55(43)45)47-33-51-53(41-25-9-7-21-37(41)47)54-42-26-10-8-22-38(42)48(34-52(54)59-51)58(36-19-5-2-6-20-36)46-30-16-28-44-40-24-12-14-32-50(40)61-56(44)46/h1,3-5,7,9-14,16-21,23-26,28-34H,2,6,8,15,22,27H2. The van der Waals surface area contributed by atoms with Gasteiger partial charge in [-0.25, -0.2) is 0 Å². The second-order valence-corrected chi connectivity index (χ2v) is 16.4. The lowest BCUT2D eigenvalue weighted by Gasteiger charge is -2.31. The van der Waals surface area contributed by atoms with Gasteiger partial charge in [0, 0.05) is 61.4 Å². The number of furan rings is 3. The highest BCUT2D eigenvalue weighted by molar-refractivity contribution is 6.25. The van der Waals surface area contributed by atoms with Crippen molar-refractivity contribution in [1.29, 1.82) is 0 Å². The third-order valence-electron chi connectivity index (χ3n) is 13.0. The summed E-state index contributed by atoms with van der Waals surface area (Å²) in [6.07, 6.45) is 19.7. The molecule has 292 valence electrons. The number of allylic oxidation sites excluding steroid dienone is 5. The molecule has 0 radical (unpaired) electrons. The largest absolute Gasteiger partial charge is 0.456 e. The van der Waals surface area contributed by atoms with Crippen LogP contribution >= 0.6 is 0 Å². The minimum atomic E-state index is 0.854. The number of aryl methyl sites for hydroxylation is 1. The van der Waals surface area contributed by atoms with Crippen molar-refractivity contribution in [2.24, 2.45) is 0 Å². The van der Waals surface area contributed by atoms with Crippen LogP contribution in [0.3, 0.4) is 0 Å². The third-order valence-corrected chi connectivity index (χ3v) is 13.0. The zero-order chi connectivity index (χ0) is 40.0. The highest BCUT2D eigenvalue weighted by atomic mass is 16.3. The summed E-state index contributed by atoms with van der Waals surface area (Å²) < 4.78 is 20.7. The first-order valence-electron chi connectivity index (χ1n) is 21.5. The van der Waals surface area contributed by atoms with E-state index in [2.05, 4.69) is 174 Å². The molecule has 3 heterocycles. The monoisotopic (exact) mass is 788 g/mol. The zero-order valence-electron chi connectivity index (χ0n) is 33.5. The Hall–Kier alpha value is -7.50. The molecule has 5 heteroatoms. The summed E-state index contributed by atoms with van der Waals surface area (Å²) in [7, 11) is 0. The molecule has 0 atom stereocenters. The first-order valence-corrected chi connectivity index (χ1v) is 21.5. The van der Waals surface area contributed by atoms with E-state index in [1.165, 1.54) is 22.1 Å². The predicted octanol–water partition coefficient (Wildman–Crippen LogP) is 15.8. The summed E-state index contributed by atoms with van der Waals surface area (Å²) in [5, 5.41) is 8.03. The summed E-state index contributed by atoms with van der Waals surface area (Å²) in [5.74, 6) is 0.930. The predicted molar refractivity (Wildman–Crippen MR) is 252 cm³/mol. The molecule has 3 aliphatic rings. The Morgan fingerprint density at radius 3 is 1.98 bits per heavy atom. The molecule has 0 unspecified atom stereocenters. The number of fused-ring (bicyclic) bond motifs is 13. The van der Waals surface area contributed by atoms with E-state index in [0.29, 0.717) is 0 Å². The van der Waals surface area contributed by atoms with Gasteiger partial charge in [0.15, 0.2) is 11.3 Å². The molecule has 3 aromatic heterocycles. The molecular weight excluding hydrogens is 749 g/mol. The molecule has 10 aromatic rings. The van der Waals surface area contributed by atoms with Crippen LogP contribution in [0.25, 0.3) is 77.4 Å². The van der Waals surface area contributed by atoms with Crippen LogP contribution in [0.15, 0.2) is 183 Å². The fraction of sp³-hybridized carbons (Fsp3) is 0.107. The van der Waals surface area contributed by atoms with Crippen LogP contribution in [0.1, 0.15) is 48.1 Å². The summed E-state index contributed by atoms with van der Waals surface area (Å²) in [4.78, 5) is 4.81. The van der Waals surface area contributed by atoms with E-state index < -0.39 is 0 Å². The molecule has 0 fully saturated rings. The summed E-state index contributed by atoms with van der Waals surface area (Å²) in [5.41, 5.74) is 14.7. The van der Waals surface area contributed by atoms with Gasteiger partial charge >= 0.3 is 0 Å². The average Bonchev–Trinajstić information content (AvgIpc) is 4.02. The highest BCUT2D eigenvalue weighted by Crippen LogP contribution is 2.51. The first kappa shape index (κ1) is 34.4. The summed E-state index contributed by atoms with van der Waals surface area (Å²) in [6, 6.07) is 47.4. The minimum absolute atomic E-state index is 0.854. The second kappa shape index (κ2) is 13.5. The van der Waals surface area contributed by atoms with Gasteiger partial charge in [0.2, 0.25) is 0 Å². The summed E-state index contributed by atoms with van der Waals surface area (Å²) >= 11 is 0. The molecular formula is C56H40N2O3. The van der Waals surface area contributed by atoms with Crippen LogP contribution in [0.5, 0.6) is 0 Å². The fourth-order valence-corrected chi connectivity index (χ4v) is 10.4. The number of rotatable bonds is 6. The van der Waals surface area contributed by atoms with Gasteiger partial charge in [-0.05, 0) is 91.4 Å². The normalized spacial score (nSPS) is 14.9. The molecule has 0 saturated heterocycles. The van der Waals surface area contributed by atoms with Gasteiger partial charge in [-0.3, -0.25) is 0 Å². The molecule has 61 heavy (non-hydrogen) atoms. The van der Waals surface area contributed by atoms with Gasteiger partial charge in [0.25, 0.3) is 0 Å². The maximum Gasteiger partial charge on any atom is 0.159 e. The molecule has 0 N–H and O–H groups in total. The zero-order valence-corrected chi connectivity index (χ0v) is 33.5. The van der Waals surface area contributed by atoms with Gasteiger partial charge in [-0.1, -0.05) is 121 Å². The lowest BCUT2D eigenvalue weighted by molar-refractivity contribution is 0.588. The maximum absolute atomic E-state index is 7.22. The molecule has 0 aliphatic heterocycles. The molecule has 0 spiro atoms. The Bertz CT molecular complexity index is 3550. The van der Waals surface area contributed by atoms with Gasteiger partial charge in [-0.15, -0.1) is 0 Å². The summed E-state index contributed by atoms with van der Waals surface area (Å²) in [6.45, 7) is 0. The van der Waals surface area contributed by atoms with Crippen molar-refractivity contribution < 1.29 is 13.3 Å². The number of hydrogen-bond acceptors (Lipinski definition) is 5. The number of anilines is 4. The Labute approximate surface area is 352 Å². The van der Waals surface area contributed by atoms with E-state index in [9.17, 15) is 0 Å². The van der Waals surface area contributed by atoms with Crippen molar-refractivity contribution in [3.05, 3.63) is 192 Å². The number of benzene rings is 7. The molecule has 13 rings (SSSR count). The van der Waals surface area contributed by atoms with Crippen LogP contribution in [-0.4, -0.2) is 0 Å². The smallest absolute Gasteiger partial charge is 0.159 e. The molecule has 7 aromatic carbocycles. The van der Waals surface area contributed by atoms with Crippen molar-refractivity contribution in [2.45, 2.75) is 38.5 Å². The number of para-hydroxylation sites is 4. The molecule has 5 nitrogen and oxygen atoms in total. The van der Waals surface area contributed by atoms with E-state index in [1.54, 1.807) is 0 Å². The Morgan fingerprint density at radius 2 is 1.13 bits per heavy atom. The van der Waals surface area contributed by atoms with Crippen LogP contribution in [0, 0.1) is 0 Å². The van der Waals surface area contributed by atoms with Crippen molar-refractivity contribution in [1.82, 2.24) is 0 Å². The highest BCUT2D eigenvalue weighted by Gasteiger charge is 2.31. The molecule has 0 saturated carbocycles. The Balaban J connectivity index is 1.08. The average molecular weight is 789 g/mol. The Kier molecular flexibility index (Phi) is 7.62. The maximum atomic E-state index is 7.22. The van der Waals surface area contributed by atoms with Gasteiger partial charge in [0.1, 0.15) is 22.3 Å². The van der Waals surface area contributed by atoms with Crippen molar-refractivity contribution in [3.8, 4) is 0 Å². The van der Waals surface area contributed by atoms with Crippen LogP contribution in [0.4, 0.5) is 22.7 Å². The minimum Gasteiger partial charge on any atom is -0.456 e. The molecule has 3 aliphatic carbocycles. The van der Waals surface area contributed by atoms with Crippen molar-refractivity contribution in [3.63, 3.8) is 0 Å². The van der Waals surface area contributed by atoms with Crippen LogP contribution < -0.4 is 9.80 Å². The van der Waals surface area contributed by atoms with E-state index in [-0.39, 0.29) is 0 Å². The van der Waals surface area contributed by atoms with E-state index >= 15 is 0 Å². The van der Waals surface area contributed by atoms with Crippen molar-refractivity contribution >= 4 is 100 Å². The molecule has 0 amide bonds. The van der Waals surface area contributed by atoms with E-state index in [1.807, 2.05) is 6.07 Å². The van der Waals surface area contributed by atoms with Crippen molar-refractivity contribution in [2.75, 3.05) is 9.80 Å². The fourth-order valence-electron chi connectivity index (χ4n) is 10.4. The molecule has 0 bridgehead atoms. The topological polar surface area (TPSA) is 45.9 Å². The lowest BCUT2D eigenvalue weighted by atomic mass is 9.89. The van der Waals surface area contributed by atoms with E-state index in [0.717, 1.165) is 139 Å². The van der Waals surface area contributed by atoms with Gasteiger partial charge < -0.3 is 23.1 Å². The van der Waals surface area contributed by atoms with E-state index in [4.69, 9.17) is 13.3 Å². The number of hydrogen-bond donors (Lipinski definition) is 0. The Morgan fingerprint density at radius 1 is 0.426 bits per heavy atom. The SMILES string of the molecule is C1=CC(N(c2cc3oc4cc(N(C5=CCCc6c5oc5ccccc65)c5ccccc5)c5ccccc5c4c3c3c2CCC=C3)c2cccc3c2oc2ccccc23)=CCC1. The quantitative estimate of drug-likeness (QED) is 0.168. The van der Waals surface area contributed by atoms with Gasteiger partial charge in [-0.2, -0.15) is 0 Å². The first-order chi connectivity index (χ1) is 30.3. The lowest BCUT2D eigenvalue weighted by Crippen LogP contribution is -2.19. The van der Waals surface area contributed by atoms with Crippen LogP contribution in [0.2, 0.25) is 0 Å². The third kappa shape index (κ3) is 5.20. The van der Waals surface area contributed by atoms with Gasteiger partial charge in [0.05, 0.1) is 22.8 Å². The number of nitrogens with zero attached hydrogens (tertiary/aromatic N) is 2. The van der Waals surface area contributed by atoms with Crippen LogP contribution in [-0.2, 0) is 12.8 Å². The second-order valence-electron chi connectivity index (χ2n) is 16.4.